The Morgan fingerprint density at radius 3 is 2.29 bits per heavy atom. The van der Waals surface area contributed by atoms with Crippen LogP contribution < -0.4 is 5.73 Å². The first kappa shape index (κ1) is 11.1. The molecule has 1 aliphatic heterocycles. The van der Waals surface area contributed by atoms with Crippen LogP contribution in [0.3, 0.4) is 0 Å². The molecule has 1 saturated carbocycles. The second-order valence-corrected chi connectivity index (χ2v) is 5.81. The van der Waals surface area contributed by atoms with Crippen molar-refractivity contribution in [3.05, 3.63) is 0 Å². The highest BCUT2D eigenvalue weighted by Crippen LogP contribution is 2.31. The topological polar surface area (TPSA) is 49.5 Å². The van der Waals surface area contributed by atoms with Crippen LogP contribution in [0.2, 0.25) is 0 Å². The average Bonchev–Trinajstić information content (AvgIpc) is 2.50. The van der Waals surface area contributed by atoms with E-state index >= 15 is 0 Å². The van der Waals surface area contributed by atoms with E-state index in [9.17, 15) is 5.11 Å². The molecule has 1 heterocycles. The van der Waals surface area contributed by atoms with Crippen molar-refractivity contribution in [2.45, 2.75) is 54.3 Å². The Bertz CT molecular complexity index is 195. The zero-order valence-corrected chi connectivity index (χ0v) is 10.6. The van der Waals surface area contributed by atoms with Crippen LogP contribution in [0.5, 0.6) is 0 Å². The number of hydrogen-bond acceptors (Lipinski definition) is 3. The summed E-state index contributed by atoms with van der Waals surface area (Å²) >= 11 is 2.37. The lowest BCUT2D eigenvalue weighted by atomic mass is 9.91. The van der Waals surface area contributed by atoms with Gasteiger partial charge in [0.2, 0.25) is 0 Å². The summed E-state index contributed by atoms with van der Waals surface area (Å²) in [5, 5.41) is 9.68. The third-order valence-electron chi connectivity index (χ3n) is 3.53. The lowest BCUT2D eigenvalue weighted by Crippen LogP contribution is -2.43. The monoisotopic (exact) mass is 310 g/mol. The SMILES string of the molecule is NC1CCC(N2CC[C@@H](O)C2I)CC1. The Morgan fingerprint density at radius 1 is 1.14 bits per heavy atom. The number of hydrogen-bond donors (Lipinski definition) is 2. The predicted molar refractivity (Wildman–Crippen MR) is 65.4 cm³/mol. The molecule has 2 rings (SSSR count). The summed E-state index contributed by atoms with van der Waals surface area (Å²) < 4.78 is 0.326. The van der Waals surface area contributed by atoms with Crippen LogP contribution in [0.25, 0.3) is 0 Å². The smallest absolute Gasteiger partial charge is 0.0884 e. The van der Waals surface area contributed by atoms with Crippen LogP contribution in [-0.2, 0) is 0 Å². The van der Waals surface area contributed by atoms with Gasteiger partial charge in [-0.1, -0.05) is 22.6 Å². The van der Waals surface area contributed by atoms with Gasteiger partial charge in [0.1, 0.15) is 0 Å². The van der Waals surface area contributed by atoms with Crippen molar-refractivity contribution in [1.82, 2.24) is 4.90 Å². The van der Waals surface area contributed by atoms with Crippen molar-refractivity contribution < 1.29 is 5.11 Å². The molecule has 3 nitrogen and oxygen atoms in total. The van der Waals surface area contributed by atoms with E-state index in [2.05, 4.69) is 27.5 Å². The van der Waals surface area contributed by atoms with Gasteiger partial charge < -0.3 is 10.8 Å². The summed E-state index contributed by atoms with van der Waals surface area (Å²) in [5.41, 5.74) is 5.89. The van der Waals surface area contributed by atoms with Crippen LogP contribution in [0.4, 0.5) is 0 Å². The highest BCUT2D eigenvalue weighted by Gasteiger charge is 2.36. The molecule has 82 valence electrons. The van der Waals surface area contributed by atoms with Crippen LogP contribution >= 0.6 is 22.6 Å². The maximum Gasteiger partial charge on any atom is 0.0884 e. The molecule has 4 heteroatoms. The standard InChI is InChI=1S/C10H19IN2O/c11-10-9(14)5-6-13(10)8-3-1-7(12)2-4-8/h7-10,14H,1-6,12H2/t7?,8?,9-,10?/m1/s1. The highest BCUT2D eigenvalue weighted by atomic mass is 127. The minimum Gasteiger partial charge on any atom is -0.391 e. The van der Waals surface area contributed by atoms with E-state index in [-0.39, 0.29) is 6.10 Å². The first-order valence-corrected chi connectivity index (χ1v) is 6.76. The Morgan fingerprint density at radius 2 is 1.79 bits per heavy atom. The second-order valence-electron chi connectivity index (χ2n) is 4.54. The molecule has 3 N–H and O–H groups in total. The van der Waals surface area contributed by atoms with Gasteiger partial charge in [0, 0.05) is 18.6 Å². The number of aliphatic hydroxyl groups is 1. The Hall–Kier alpha value is 0.610. The molecule has 1 unspecified atom stereocenters. The van der Waals surface area contributed by atoms with Gasteiger partial charge in [-0.25, -0.2) is 0 Å². The molecule has 1 saturated heterocycles. The molecule has 0 amide bonds. The van der Waals surface area contributed by atoms with Crippen molar-refractivity contribution in [2.24, 2.45) is 5.73 Å². The summed E-state index contributed by atoms with van der Waals surface area (Å²) in [6.07, 6.45) is 5.56. The van der Waals surface area contributed by atoms with Crippen molar-refractivity contribution in [3.8, 4) is 0 Å². The normalized spacial score (nSPS) is 45.6. The van der Waals surface area contributed by atoms with E-state index in [0.29, 0.717) is 16.1 Å². The zero-order chi connectivity index (χ0) is 10.1. The molecule has 0 aromatic rings. The summed E-state index contributed by atoms with van der Waals surface area (Å²) in [5.74, 6) is 0. The van der Waals surface area contributed by atoms with Gasteiger partial charge in [0.05, 0.1) is 10.2 Å². The molecular formula is C10H19IN2O. The number of halogens is 1. The molecule has 0 spiro atoms. The largest absolute Gasteiger partial charge is 0.391 e. The number of nitrogens with zero attached hydrogens (tertiary/aromatic N) is 1. The van der Waals surface area contributed by atoms with Crippen molar-refractivity contribution in [2.75, 3.05) is 6.54 Å². The third kappa shape index (κ3) is 2.23. The molecule has 0 bridgehead atoms. The van der Waals surface area contributed by atoms with Crippen LogP contribution in [0.1, 0.15) is 32.1 Å². The maximum atomic E-state index is 9.68. The fraction of sp³-hybridized carbons (Fsp3) is 1.00. The van der Waals surface area contributed by atoms with E-state index in [0.717, 1.165) is 25.8 Å². The van der Waals surface area contributed by atoms with E-state index in [1.807, 2.05) is 0 Å². The molecule has 14 heavy (non-hydrogen) atoms. The van der Waals surface area contributed by atoms with Crippen molar-refractivity contribution in [1.29, 1.82) is 0 Å². The van der Waals surface area contributed by atoms with Gasteiger partial charge in [0.25, 0.3) is 0 Å². The average molecular weight is 310 g/mol. The molecule has 2 fully saturated rings. The van der Waals surface area contributed by atoms with Crippen LogP contribution in [0, 0.1) is 0 Å². The quantitative estimate of drug-likeness (QED) is 0.433. The van der Waals surface area contributed by atoms with Crippen LogP contribution in [-0.4, -0.2) is 38.8 Å². The molecule has 0 aromatic carbocycles. The number of aliphatic hydroxyl groups excluding tert-OH is 1. The first-order chi connectivity index (χ1) is 6.68. The van der Waals surface area contributed by atoms with Gasteiger partial charge in [-0.3, -0.25) is 4.90 Å². The van der Waals surface area contributed by atoms with E-state index in [1.54, 1.807) is 0 Å². The van der Waals surface area contributed by atoms with Crippen molar-refractivity contribution in [3.63, 3.8) is 0 Å². The Labute approximate surface area is 99.2 Å². The first-order valence-electron chi connectivity index (χ1n) is 5.52. The maximum absolute atomic E-state index is 9.68. The Kier molecular flexibility index (Phi) is 3.68. The van der Waals surface area contributed by atoms with Crippen molar-refractivity contribution >= 4 is 22.6 Å². The minimum atomic E-state index is -0.119. The number of rotatable bonds is 1. The van der Waals surface area contributed by atoms with Gasteiger partial charge >= 0.3 is 0 Å². The van der Waals surface area contributed by atoms with Gasteiger partial charge in [-0.15, -0.1) is 0 Å². The predicted octanol–water partition coefficient (Wildman–Crippen LogP) is 1.08. The lowest BCUT2D eigenvalue weighted by Gasteiger charge is -2.35. The van der Waals surface area contributed by atoms with Gasteiger partial charge in [0.15, 0.2) is 0 Å². The Balaban J connectivity index is 1.89. The molecule has 0 aromatic heterocycles. The number of nitrogens with two attached hydrogens (primary N) is 1. The summed E-state index contributed by atoms with van der Waals surface area (Å²) in [6, 6.07) is 1.10. The minimum absolute atomic E-state index is 0.119. The summed E-state index contributed by atoms with van der Waals surface area (Å²) in [7, 11) is 0. The fourth-order valence-electron chi connectivity index (χ4n) is 2.58. The van der Waals surface area contributed by atoms with E-state index in [4.69, 9.17) is 5.73 Å². The van der Waals surface area contributed by atoms with Gasteiger partial charge in [-0.2, -0.15) is 0 Å². The molecule has 1 aliphatic carbocycles. The number of likely N-dealkylation sites (tertiary alicyclic amines) is 1. The third-order valence-corrected chi connectivity index (χ3v) is 5.07. The summed E-state index contributed by atoms with van der Waals surface area (Å²) in [6.45, 7) is 1.06. The second kappa shape index (κ2) is 4.63. The molecular weight excluding hydrogens is 291 g/mol. The van der Waals surface area contributed by atoms with Crippen LogP contribution in [0.15, 0.2) is 0 Å². The molecule has 0 radical (unpaired) electrons. The number of alkyl halides is 1. The zero-order valence-electron chi connectivity index (χ0n) is 8.40. The summed E-state index contributed by atoms with van der Waals surface area (Å²) in [4.78, 5) is 2.47. The fourth-order valence-corrected chi connectivity index (χ4v) is 3.67. The van der Waals surface area contributed by atoms with E-state index < -0.39 is 0 Å². The molecule has 2 aliphatic rings. The van der Waals surface area contributed by atoms with E-state index in [1.165, 1.54) is 12.8 Å². The lowest BCUT2D eigenvalue weighted by molar-refractivity contribution is 0.129. The highest BCUT2D eigenvalue weighted by molar-refractivity contribution is 14.1. The molecule has 2 atom stereocenters. The van der Waals surface area contributed by atoms with Gasteiger partial charge in [-0.05, 0) is 32.1 Å².